The molecule has 0 bridgehead atoms. The minimum absolute atomic E-state index is 0.0318. The number of methoxy groups -OCH3 is 3. The Morgan fingerprint density at radius 2 is 1.32 bits per heavy atom. The molecule has 1 saturated carbocycles. The van der Waals surface area contributed by atoms with Gasteiger partial charge in [0.05, 0.1) is 50.1 Å². The smallest absolute Gasteiger partial charge is 0.407 e. The fourth-order valence-corrected chi connectivity index (χ4v) is 9.91. The summed E-state index contributed by atoms with van der Waals surface area (Å²) in [6.07, 6.45) is 5.23. The van der Waals surface area contributed by atoms with Crippen LogP contribution in [0, 0.1) is 23.7 Å². The van der Waals surface area contributed by atoms with Crippen LogP contribution in [0.4, 0.5) is 9.59 Å². The third-order valence-corrected chi connectivity index (χ3v) is 13.0. The fraction of sp³-hybridized carbons (Fsp3) is 0.522. The van der Waals surface area contributed by atoms with Crippen molar-refractivity contribution in [2.24, 2.45) is 23.7 Å². The van der Waals surface area contributed by atoms with Gasteiger partial charge >= 0.3 is 12.2 Å². The molecular formula is C46H57N7O9. The van der Waals surface area contributed by atoms with Crippen molar-refractivity contribution in [3.05, 3.63) is 59.4 Å². The standard InChI is InChI=1S/C46H57N7O9/c1-22(2)39(51-45(56)59-7)41(54)30-11-25(19-58-6)12-31(30)42-47-17-32(49-42)26-13-28-20-62-36-16-27(14-29-21-61-35(15-26)37(28)38(29)36)33-18-48-43(50-33)34-10-9-24(5)53(34)44(55)40(23(3)4)52-46(57)60-8/h13-18,22-25,30-31,34,39-40H,9-12,19-21H2,1-8H3,(H,47,49)(H,48,50)(H,51,56)(H,52,57)/t24-,25+,30?,31+,34?,39?,40-/m0/s1. The van der Waals surface area contributed by atoms with E-state index >= 15 is 0 Å². The van der Waals surface area contributed by atoms with Crippen molar-refractivity contribution in [3.8, 4) is 45.1 Å². The molecule has 0 spiro atoms. The summed E-state index contributed by atoms with van der Waals surface area (Å²) in [5.74, 6) is 2.08. The lowest BCUT2D eigenvalue weighted by molar-refractivity contribution is -0.137. The number of hydrogen-bond donors (Lipinski definition) is 4. The van der Waals surface area contributed by atoms with Crippen LogP contribution < -0.4 is 20.1 Å². The number of likely N-dealkylation sites (tertiary alicyclic amines) is 1. The van der Waals surface area contributed by atoms with Crippen LogP contribution in [-0.2, 0) is 37.0 Å². The second kappa shape index (κ2) is 17.5. The summed E-state index contributed by atoms with van der Waals surface area (Å²) in [7, 11) is 4.25. The average molecular weight is 852 g/mol. The number of hydrogen-bond acceptors (Lipinski definition) is 11. The molecular weight excluding hydrogens is 795 g/mol. The molecule has 1 saturated heterocycles. The van der Waals surface area contributed by atoms with Gasteiger partial charge in [-0.25, -0.2) is 19.6 Å². The van der Waals surface area contributed by atoms with Gasteiger partial charge in [0.25, 0.3) is 0 Å². The van der Waals surface area contributed by atoms with Crippen LogP contribution in [0.5, 0.6) is 11.5 Å². The number of nitrogens with one attached hydrogen (secondary N) is 4. The number of H-pyrrole nitrogens is 2. The van der Waals surface area contributed by atoms with E-state index in [1.165, 1.54) is 14.2 Å². The number of nitrogens with zero attached hydrogens (tertiary/aromatic N) is 3. The maximum absolute atomic E-state index is 14.1. The summed E-state index contributed by atoms with van der Waals surface area (Å²) in [6, 6.07) is 6.53. The predicted molar refractivity (Wildman–Crippen MR) is 228 cm³/mol. The summed E-state index contributed by atoms with van der Waals surface area (Å²) in [5, 5.41) is 5.48. The number of benzene rings is 2. The Kier molecular flexibility index (Phi) is 12.0. The first kappa shape index (κ1) is 42.8. The number of ether oxygens (including phenoxy) is 5. The molecule has 7 atom stereocenters. The van der Waals surface area contributed by atoms with E-state index in [9.17, 15) is 19.2 Å². The van der Waals surface area contributed by atoms with Crippen molar-refractivity contribution in [1.82, 2.24) is 35.5 Å². The SMILES string of the molecule is COC[C@@H]1CC(C(=O)C(NC(=O)OC)C(C)C)[C@H](c2ncc(-c3cc4c5c(c3)OCc3cc(-c6cnc(C7CC[C@H](C)N7C(=O)[C@@H](NC(=O)OC)C(C)C)[nH]6)cc(c3-5)OC4)[nH]2)C1. The Morgan fingerprint density at radius 1 is 0.774 bits per heavy atom. The van der Waals surface area contributed by atoms with Gasteiger partial charge in [0.1, 0.15) is 42.4 Å². The molecule has 4 aromatic rings. The Hall–Kier alpha value is -5.90. The maximum Gasteiger partial charge on any atom is 0.407 e. The molecule has 16 heteroatoms. The molecule has 4 aliphatic rings. The second-order valence-electron chi connectivity index (χ2n) is 17.8. The molecule has 2 fully saturated rings. The molecule has 16 nitrogen and oxygen atoms in total. The zero-order chi connectivity index (χ0) is 44.0. The van der Waals surface area contributed by atoms with E-state index in [1.54, 1.807) is 13.3 Å². The van der Waals surface area contributed by atoms with E-state index in [0.29, 0.717) is 32.1 Å². The van der Waals surface area contributed by atoms with Crippen molar-refractivity contribution < 1.29 is 42.9 Å². The third-order valence-electron chi connectivity index (χ3n) is 13.0. The van der Waals surface area contributed by atoms with Crippen molar-refractivity contribution in [2.75, 3.05) is 27.9 Å². The van der Waals surface area contributed by atoms with Crippen molar-refractivity contribution >= 4 is 23.9 Å². The number of rotatable bonds is 13. The molecule has 4 N–H and O–H groups in total. The van der Waals surface area contributed by atoms with E-state index in [-0.39, 0.29) is 53.4 Å². The second-order valence-corrected chi connectivity index (χ2v) is 17.8. The van der Waals surface area contributed by atoms with Crippen LogP contribution in [-0.4, -0.2) is 94.8 Å². The number of imidazole rings is 2. The van der Waals surface area contributed by atoms with Gasteiger partial charge in [-0.3, -0.25) is 9.59 Å². The lowest BCUT2D eigenvalue weighted by atomic mass is 9.84. The average Bonchev–Trinajstić information content (AvgIpc) is 4.09. The molecule has 62 heavy (non-hydrogen) atoms. The van der Waals surface area contributed by atoms with E-state index in [4.69, 9.17) is 33.7 Å². The van der Waals surface area contributed by atoms with E-state index in [0.717, 1.165) is 81.4 Å². The van der Waals surface area contributed by atoms with Gasteiger partial charge in [-0.2, -0.15) is 0 Å². The molecule has 1 aliphatic carbocycles. The van der Waals surface area contributed by atoms with Crippen LogP contribution in [0.1, 0.15) is 95.0 Å². The zero-order valence-electron chi connectivity index (χ0n) is 36.6. The number of ketones is 1. The Balaban J connectivity index is 1.03. The minimum atomic E-state index is -0.732. The predicted octanol–water partition coefficient (Wildman–Crippen LogP) is 7.06. The van der Waals surface area contributed by atoms with Crippen LogP contribution in [0.25, 0.3) is 33.6 Å². The van der Waals surface area contributed by atoms with Crippen molar-refractivity contribution in [3.63, 3.8) is 0 Å². The van der Waals surface area contributed by atoms with Crippen LogP contribution in [0.2, 0.25) is 0 Å². The van der Waals surface area contributed by atoms with Gasteiger partial charge in [0, 0.05) is 65.0 Å². The van der Waals surface area contributed by atoms with Crippen molar-refractivity contribution in [1.29, 1.82) is 0 Å². The topological polar surface area (TPSA) is 199 Å². The molecule has 330 valence electrons. The van der Waals surface area contributed by atoms with Gasteiger partial charge in [-0.05, 0) is 74.6 Å². The number of amides is 3. The molecule has 2 aromatic heterocycles. The van der Waals surface area contributed by atoms with Crippen LogP contribution in [0.15, 0.2) is 36.7 Å². The Morgan fingerprint density at radius 3 is 1.87 bits per heavy atom. The first-order valence-corrected chi connectivity index (χ1v) is 21.5. The fourth-order valence-electron chi connectivity index (χ4n) is 9.91. The van der Waals surface area contributed by atoms with Gasteiger partial charge in [0.2, 0.25) is 5.91 Å². The lowest BCUT2D eigenvalue weighted by Gasteiger charge is -2.33. The van der Waals surface area contributed by atoms with Gasteiger partial charge < -0.3 is 49.2 Å². The number of aromatic amines is 2. The third kappa shape index (κ3) is 8.00. The Labute approximate surface area is 361 Å². The highest BCUT2D eigenvalue weighted by atomic mass is 16.5. The summed E-state index contributed by atoms with van der Waals surface area (Å²) >= 11 is 0. The lowest BCUT2D eigenvalue weighted by Crippen LogP contribution is -2.52. The minimum Gasteiger partial charge on any atom is -0.488 e. The van der Waals surface area contributed by atoms with Crippen LogP contribution in [0.3, 0.4) is 0 Å². The van der Waals surface area contributed by atoms with Gasteiger partial charge in [0.15, 0.2) is 5.78 Å². The normalized spacial score (nSPS) is 22.1. The van der Waals surface area contributed by atoms with E-state index in [1.807, 2.05) is 57.8 Å². The molecule has 3 amide bonds. The highest BCUT2D eigenvalue weighted by molar-refractivity contribution is 5.91. The van der Waals surface area contributed by atoms with Crippen LogP contribution >= 0.6 is 0 Å². The van der Waals surface area contributed by atoms with Gasteiger partial charge in [-0.15, -0.1) is 0 Å². The number of Topliss-reactive ketones (excluding diaryl/α,β-unsaturated/α-hetero) is 1. The number of carbonyl (C=O) groups excluding carboxylic acids is 4. The monoisotopic (exact) mass is 851 g/mol. The molecule has 0 radical (unpaired) electrons. The first-order chi connectivity index (χ1) is 29.8. The highest BCUT2D eigenvalue weighted by Crippen LogP contribution is 2.51. The largest absolute Gasteiger partial charge is 0.488 e. The molecule has 3 aliphatic heterocycles. The number of alkyl carbamates (subject to hydrolysis) is 2. The number of aromatic nitrogens is 4. The summed E-state index contributed by atoms with van der Waals surface area (Å²) in [6.45, 7) is 10.9. The molecule has 5 heterocycles. The molecule has 3 unspecified atom stereocenters. The quantitative estimate of drug-likeness (QED) is 0.107. The van der Waals surface area contributed by atoms with E-state index in [2.05, 4.69) is 32.7 Å². The van der Waals surface area contributed by atoms with E-state index < -0.39 is 24.3 Å². The summed E-state index contributed by atoms with van der Waals surface area (Å²) in [4.78, 5) is 70.8. The number of carbonyl (C=O) groups is 4. The summed E-state index contributed by atoms with van der Waals surface area (Å²) < 4.78 is 28.1. The molecule has 2 aromatic carbocycles. The summed E-state index contributed by atoms with van der Waals surface area (Å²) in [5.41, 5.74) is 7.37. The highest BCUT2D eigenvalue weighted by Gasteiger charge is 2.45. The Bertz CT molecular complexity index is 2300. The van der Waals surface area contributed by atoms with Gasteiger partial charge in [-0.1, -0.05) is 27.7 Å². The zero-order valence-corrected chi connectivity index (χ0v) is 36.6. The maximum atomic E-state index is 14.1. The molecule has 8 rings (SSSR count). The van der Waals surface area contributed by atoms with Crippen molar-refractivity contribution in [2.45, 2.75) is 104 Å². The first-order valence-electron chi connectivity index (χ1n) is 21.5.